The highest BCUT2D eigenvalue weighted by Gasteiger charge is 2.19. The molecule has 17 heavy (non-hydrogen) atoms. The van der Waals surface area contributed by atoms with Gasteiger partial charge in [-0.25, -0.2) is 9.78 Å². The molecule has 0 radical (unpaired) electrons. The second-order valence-electron chi connectivity index (χ2n) is 3.57. The number of aromatic carboxylic acids is 1. The Morgan fingerprint density at radius 2 is 2.35 bits per heavy atom. The number of hydrogen-bond acceptors (Lipinski definition) is 4. The van der Waals surface area contributed by atoms with E-state index in [-0.39, 0.29) is 5.56 Å². The van der Waals surface area contributed by atoms with Gasteiger partial charge in [0.1, 0.15) is 17.5 Å². The topological polar surface area (TPSA) is 85.6 Å². The smallest absolute Gasteiger partial charge is 0.339 e. The maximum atomic E-state index is 11.1. The third kappa shape index (κ3) is 1.32. The number of carbonyl (C=O) groups is 1. The normalized spacial score (nSPS) is 11.1. The van der Waals surface area contributed by atoms with Crippen LogP contribution >= 0.6 is 0 Å². The SMILES string of the molecule is Cn1cc(C(=O)O)c(-c2cnc3occn23)n1. The number of aryl methyl sites for hydroxylation is 1. The van der Waals surface area contributed by atoms with Gasteiger partial charge in [-0.1, -0.05) is 0 Å². The molecule has 0 fully saturated rings. The first-order valence-corrected chi connectivity index (χ1v) is 4.84. The highest BCUT2D eigenvalue weighted by Crippen LogP contribution is 2.23. The fourth-order valence-electron chi connectivity index (χ4n) is 1.74. The van der Waals surface area contributed by atoms with E-state index in [2.05, 4.69) is 10.1 Å². The second kappa shape index (κ2) is 3.21. The van der Waals surface area contributed by atoms with E-state index >= 15 is 0 Å². The summed E-state index contributed by atoms with van der Waals surface area (Å²) in [6.07, 6.45) is 6.14. The summed E-state index contributed by atoms with van der Waals surface area (Å²) in [7, 11) is 1.67. The first-order chi connectivity index (χ1) is 8.16. The van der Waals surface area contributed by atoms with Crippen LogP contribution in [0.3, 0.4) is 0 Å². The molecule has 0 aliphatic heterocycles. The van der Waals surface area contributed by atoms with E-state index in [1.54, 1.807) is 17.6 Å². The predicted octanol–water partition coefficient (Wildman–Crippen LogP) is 1.03. The lowest BCUT2D eigenvalue weighted by molar-refractivity contribution is 0.0697. The lowest BCUT2D eigenvalue weighted by atomic mass is 10.2. The van der Waals surface area contributed by atoms with E-state index in [0.29, 0.717) is 17.2 Å². The molecule has 3 aromatic rings. The minimum absolute atomic E-state index is 0.135. The molecule has 0 aromatic carbocycles. The first kappa shape index (κ1) is 9.64. The Morgan fingerprint density at radius 1 is 1.53 bits per heavy atom. The maximum Gasteiger partial charge on any atom is 0.339 e. The zero-order valence-corrected chi connectivity index (χ0v) is 8.86. The summed E-state index contributed by atoms with van der Waals surface area (Å²) in [5.41, 5.74) is 1.09. The van der Waals surface area contributed by atoms with Crippen LogP contribution in [0.4, 0.5) is 0 Å². The Balaban J connectivity index is 2.29. The number of aromatic nitrogens is 4. The van der Waals surface area contributed by atoms with E-state index in [1.165, 1.54) is 23.3 Å². The minimum atomic E-state index is -1.02. The fourth-order valence-corrected chi connectivity index (χ4v) is 1.74. The molecule has 0 aliphatic carbocycles. The molecule has 0 saturated heterocycles. The number of nitrogens with zero attached hydrogens (tertiary/aromatic N) is 4. The lowest BCUT2D eigenvalue weighted by Gasteiger charge is -1.95. The number of carboxylic acids is 1. The molecule has 3 rings (SSSR count). The molecular formula is C10H8N4O3. The van der Waals surface area contributed by atoms with Crippen molar-refractivity contribution in [3.63, 3.8) is 0 Å². The first-order valence-electron chi connectivity index (χ1n) is 4.84. The number of carboxylic acid groups (broad SMARTS) is 1. The predicted molar refractivity (Wildman–Crippen MR) is 56.6 cm³/mol. The van der Waals surface area contributed by atoms with Crippen LogP contribution in [0.15, 0.2) is 29.3 Å². The molecule has 86 valence electrons. The van der Waals surface area contributed by atoms with Crippen LogP contribution in [-0.4, -0.2) is 30.2 Å². The highest BCUT2D eigenvalue weighted by atomic mass is 16.4. The molecule has 0 spiro atoms. The molecular weight excluding hydrogens is 224 g/mol. The Labute approximate surface area is 94.9 Å². The third-order valence-electron chi connectivity index (χ3n) is 2.45. The summed E-state index contributed by atoms with van der Waals surface area (Å²) in [5, 5.41) is 13.2. The summed E-state index contributed by atoms with van der Waals surface area (Å²) < 4.78 is 8.20. The van der Waals surface area contributed by atoms with Crippen molar-refractivity contribution in [2.75, 3.05) is 0 Å². The molecule has 3 aromatic heterocycles. The van der Waals surface area contributed by atoms with Gasteiger partial charge in [0.2, 0.25) is 0 Å². The molecule has 1 N–H and O–H groups in total. The van der Waals surface area contributed by atoms with Crippen molar-refractivity contribution in [1.82, 2.24) is 19.2 Å². The number of oxazole rings is 1. The standard InChI is InChI=1S/C10H8N4O3/c1-13-5-6(9(15)16)8(12-13)7-4-11-10-14(7)2-3-17-10/h2-5H,1H3,(H,15,16). The van der Waals surface area contributed by atoms with Crippen molar-refractivity contribution in [2.45, 2.75) is 0 Å². The van der Waals surface area contributed by atoms with Gasteiger partial charge in [0.25, 0.3) is 0 Å². The van der Waals surface area contributed by atoms with E-state index < -0.39 is 5.97 Å². The molecule has 7 nitrogen and oxygen atoms in total. The highest BCUT2D eigenvalue weighted by molar-refractivity contribution is 5.94. The van der Waals surface area contributed by atoms with Crippen molar-refractivity contribution in [3.05, 3.63) is 30.4 Å². The summed E-state index contributed by atoms with van der Waals surface area (Å²) in [5.74, 6) is -0.617. The second-order valence-corrected chi connectivity index (χ2v) is 3.57. The molecule has 0 bridgehead atoms. The van der Waals surface area contributed by atoms with Gasteiger partial charge in [0, 0.05) is 19.4 Å². The molecule has 0 unspecified atom stereocenters. The van der Waals surface area contributed by atoms with Crippen LogP contribution in [0.5, 0.6) is 0 Å². The molecule has 0 saturated carbocycles. The van der Waals surface area contributed by atoms with Crippen LogP contribution in [0, 0.1) is 0 Å². The number of rotatable bonds is 2. The van der Waals surface area contributed by atoms with Crippen LogP contribution in [0.1, 0.15) is 10.4 Å². The van der Waals surface area contributed by atoms with Crippen LogP contribution in [0.25, 0.3) is 17.2 Å². The Bertz CT molecular complexity index is 706. The van der Waals surface area contributed by atoms with Crippen molar-refractivity contribution >= 4 is 11.8 Å². The van der Waals surface area contributed by atoms with Gasteiger partial charge in [-0.15, -0.1) is 0 Å². The van der Waals surface area contributed by atoms with Crippen molar-refractivity contribution in [3.8, 4) is 11.4 Å². The van der Waals surface area contributed by atoms with E-state index in [1.807, 2.05) is 0 Å². The maximum absolute atomic E-state index is 11.1. The number of imidazole rings is 1. The molecule has 0 atom stereocenters. The van der Waals surface area contributed by atoms with Crippen molar-refractivity contribution < 1.29 is 14.3 Å². The Kier molecular flexibility index (Phi) is 1.82. The zero-order chi connectivity index (χ0) is 12.0. The van der Waals surface area contributed by atoms with Gasteiger partial charge in [-0.3, -0.25) is 9.08 Å². The van der Waals surface area contributed by atoms with Crippen molar-refractivity contribution in [2.24, 2.45) is 7.05 Å². The van der Waals surface area contributed by atoms with Gasteiger partial charge in [-0.05, 0) is 0 Å². The van der Waals surface area contributed by atoms with Gasteiger partial charge in [0.05, 0.1) is 11.9 Å². The van der Waals surface area contributed by atoms with E-state index in [0.717, 1.165) is 0 Å². The van der Waals surface area contributed by atoms with Crippen molar-refractivity contribution in [1.29, 1.82) is 0 Å². The summed E-state index contributed by atoms with van der Waals surface area (Å²) >= 11 is 0. The molecule has 0 amide bonds. The summed E-state index contributed by atoms with van der Waals surface area (Å²) in [4.78, 5) is 15.1. The van der Waals surface area contributed by atoms with Gasteiger partial charge in [0.15, 0.2) is 0 Å². The minimum Gasteiger partial charge on any atom is -0.478 e. The third-order valence-corrected chi connectivity index (χ3v) is 2.45. The quantitative estimate of drug-likeness (QED) is 0.713. The zero-order valence-electron chi connectivity index (χ0n) is 8.86. The van der Waals surface area contributed by atoms with Crippen LogP contribution < -0.4 is 0 Å². The Hall–Kier alpha value is -2.57. The molecule has 3 heterocycles. The average Bonchev–Trinajstić information content (AvgIpc) is 2.89. The largest absolute Gasteiger partial charge is 0.478 e. The number of fused-ring (bicyclic) bond motifs is 1. The Morgan fingerprint density at radius 3 is 3.12 bits per heavy atom. The van der Waals surface area contributed by atoms with E-state index in [9.17, 15) is 4.79 Å². The average molecular weight is 232 g/mol. The fraction of sp³-hybridized carbons (Fsp3) is 0.100. The van der Waals surface area contributed by atoms with Gasteiger partial charge in [-0.2, -0.15) is 5.10 Å². The van der Waals surface area contributed by atoms with Gasteiger partial charge < -0.3 is 9.52 Å². The molecule has 0 aliphatic rings. The molecule has 7 heteroatoms. The van der Waals surface area contributed by atoms with Gasteiger partial charge >= 0.3 is 11.8 Å². The van der Waals surface area contributed by atoms with Crippen LogP contribution in [0.2, 0.25) is 0 Å². The van der Waals surface area contributed by atoms with Crippen LogP contribution in [-0.2, 0) is 7.05 Å². The monoisotopic (exact) mass is 232 g/mol. The lowest BCUT2D eigenvalue weighted by Crippen LogP contribution is -1.97. The summed E-state index contributed by atoms with van der Waals surface area (Å²) in [6.45, 7) is 0. The number of hydrogen-bond donors (Lipinski definition) is 1. The summed E-state index contributed by atoms with van der Waals surface area (Å²) in [6, 6.07) is 0. The van der Waals surface area contributed by atoms with E-state index in [4.69, 9.17) is 9.52 Å².